The molecule has 1 saturated heterocycles. The van der Waals surface area contributed by atoms with Crippen LogP contribution < -0.4 is 0 Å². The van der Waals surface area contributed by atoms with Crippen molar-refractivity contribution < 1.29 is 4.74 Å². The molecule has 5 heteroatoms. The van der Waals surface area contributed by atoms with Gasteiger partial charge >= 0.3 is 0 Å². The van der Waals surface area contributed by atoms with Gasteiger partial charge in [-0.2, -0.15) is 5.21 Å². The van der Waals surface area contributed by atoms with Crippen molar-refractivity contribution in [1.29, 1.82) is 0 Å². The summed E-state index contributed by atoms with van der Waals surface area (Å²) in [6.45, 7) is 3.75. The number of hydrogen-bond donors (Lipinski definition) is 1. The van der Waals surface area contributed by atoms with E-state index in [4.69, 9.17) is 4.74 Å². The second kappa shape index (κ2) is 2.82. The van der Waals surface area contributed by atoms with E-state index >= 15 is 0 Å². The molecule has 1 fully saturated rings. The van der Waals surface area contributed by atoms with E-state index in [9.17, 15) is 0 Å². The van der Waals surface area contributed by atoms with Gasteiger partial charge in [0.1, 0.15) is 0 Å². The normalized spacial score (nSPS) is 22.4. The van der Waals surface area contributed by atoms with Crippen LogP contribution in [-0.4, -0.2) is 33.8 Å². The molecule has 12 heavy (non-hydrogen) atoms. The van der Waals surface area contributed by atoms with Crippen LogP contribution in [0.3, 0.4) is 0 Å². The first-order valence-electron chi connectivity index (χ1n) is 4.13. The average molecular weight is 168 g/mol. The molecule has 0 unspecified atom stereocenters. The maximum Gasteiger partial charge on any atom is 0.180 e. The molecule has 5 nitrogen and oxygen atoms in total. The minimum absolute atomic E-state index is 0.0608. The van der Waals surface area contributed by atoms with Crippen molar-refractivity contribution in [3.8, 4) is 0 Å². The predicted octanol–water partition coefficient (Wildman–Crippen LogP) is 0.268. The van der Waals surface area contributed by atoms with E-state index in [0.717, 1.165) is 31.9 Å². The van der Waals surface area contributed by atoms with E-state index in [1.165, 1.54) is 0 Å². The first kappa shape index (κ1) is 7.67. The first-order valence-corrected chi connectivity index (χ1v) is 4.13. The Bertz CT molecular complexity index is 240. The van der Waals surface area contributed by atoms with Crippen molar-refractivity contribution in [2.75, 3.05) is 13.2 Å². The lowest BCUT2D eigenvalue weighted by Gasteiger charge is -2.29. The fourth-order valence-electron chi connectivity index (χ4n) is 1.46. The Balaban J connectivity index is 2.19. The summed E-state index contributed by atoms with van der Waals surface area (Å²) < 4.78 is 5.28. The minimum Gasteiger partial charge on any atom is -0.381 e. The number of nitrogens with zero attached hydrogens (tertiary/aromatic N) is 3. The zero-order valence-corrected chi connectivity index (χ0v) is 7.08. The average Bonchev–Trinajstić information content (AvgIpc) is 2.58. The standard InChI is InChI=1S/C7H12N4O/c1-7(2-4-12-5-3-7)6-8-10-11-9-6/h2-5H2,1H3,(H,8,9,10,11). The number of hydrogen-bond acceptors (Lipinski definition) is 4. The Labute approximate surface area is 70.5 Å². The van der Waals surface area contributed by atoms with Crippen LogP contribution in [0.1, 0.15) is 25.6 Å². The lowest BCUT2D eigenvalue weighted by atomic mass is 9.82. The number of aromatic nitrogens is 4. The van der Waals surface area contributed by atoms with Crippen LogP contribution in [0.4, 0.5) is 0 Å². The molecule has 66 valence electrons. The number of nitrogens with one attached hydrogen (secondary N) is 1. The number of tetrazole rings is 1. The molecule has 0 spiro atoms. The van der Waals surface area contributed by atoms with Crippen molar-refractivity contribution in [2.45, 2.75) is 25.2 Å². The highest BCUT2D eigenvalue weighted by molar-refractivity contribution is 5.03. The van der Waals surface area contributed by atoms with Crippen LogP contribution in [0.25, 0.3) is 0 Å². The number of ether oxygens (including phenoxy) is 1. The summed E-state index contributed by atoms with van der Waals surface area (Å²) in [5, 5.41) is 14.1. The third kappa shape index (κ3) is 1.20. The Morgan fingerprint density at radius 3 is 2.75 bits per heavy atom. The van der Waals surface area contributed by atoms with Gasteiger partial charge in [0.05, 0.1) is 0 Å². The van der Waals surface area contributed by atoms with Gasteiger partial charge in [0, 0.05) is 18.6 Å². The van der Waals surface area contributed by atoms with Gasteiger partial charge in [-0.1, -0.05) is 12.1 Å². The molecule has 1 N–H and O–H groups in total. The first-order chi connectivity index (χ1) is 5.81. The van der Waals surface area contributed by atoms with Crippen molar-refractivity contribution in [3.05, 3.63) is 5.82 Å². The van der Waals surface area contributed by atoms with Gasteiger partial charge in [-0.05, 0) is 12.8 Å². The summed E-state index contributed by atoms with van der Waals surface area (Å²) in [6.07, 6.45) is 1.96. The van der Waals surface area contributed by atoms with Gasteiger partial charge in [-0.25, -0.2) is 0 Å². The Kier molecular flexibility index (Phi) is 1.80. The summed E-state index contributed by atoms with van der Waals surface area (Å²) in [4.78, 5) is 0. The molecule has 1 aliphatic rings. The topological polar surface area (TPSA) is 63.7 Å². The smallest absolute Gasteiger partial charge is 0.180 e. The highest BCUT2D eigenvalue weighted by Gasteiger charge is 2.33. The van der Waals surface area contributed by atoms with E-state index in [-0.39, 0.29) is 5.41 Å². The SMILES string of the molecule is CC1(c2nn[nH]n2)CCOCC1. The quantitative estimate of drug-likeness (QED) is 0.653. The van der Waals surface area contributed by atoms with Gasteiger partial charge in [0.25, 0.3) is 0 Å². The third-order valence-electron chi connectivity index (χ3n) is 2.48. The number of rotatable bonds is 1. The van der Waals surface area contributed by atoms with E-state index in [1.54, 1.807) is 0 Å². The summed E-state index contributed by atoms with van der Waals surface area (Å²) in [5.41, 5.74) is 0.0608. The van der Waals surface area contributed by atoms with Crippen molar-refractivity contribution in [2.24, 2.45) is 0 Å². The van der Waals surface area contributed by atoms with Gasteiger partial charge in [-0.15, -0.1) is 10.2 Å². The van der Waals surface area contributed by atoms with Crippen LogP contribution in [0.2, 0.25) is 0 Å². The molecule has 0 saturated carbocycles. The maximum atomic E-state index is 5.28. The molecule has 1 aliphatic heterocycles. The second-order valence-electron chi connectivity index (χ2n) is 3.41. The van der Waals surface area contributed by atoms with E-state index < -0.39 is 0 Å². The van der Waals surface area contributed by atoms with Gasteiger partial charge in [-0.3, -0.25) is 0 Å². The van der Waals surface area contributed by atoms with Crippen LogP contribution in [0.5, 0.6) is 0 Å². The molecular formula is C7H12N4O. The maximum absolute atomic E-state index is 5.28. The zero-order valence-electron chi connectivity index (χ0n) is 7.08. The largest absolute Gasteiger partial charge is 0.381 e. The molecular weight excluding hydrogens is 156 g/mol. The summed E-state index contributed by atoms with van der Waals surface area (Å²) in [5.74, 6) is 0.811. The molecule has 2 heterocycles. The van der Waals surface area contributed by atoms with E-state index in [1.807, 2.05) is 0 Å². The Morgan fingerprint density at radius 2 is 2.17 bits per heavy atom. The van der Waals surface area contributed by atoms with Crippen molar-refractivity contribution in [3.63, 3.8) is 0 Å². The lowest BCUT2D eigenvalue weighted by Crippen LogP contribution is -2.31. The van der Waals surface area contributed by atoms with Crippen LogP contribution >= 0.6 is 0 Å². The van der Waals surface area contributed by atoms with Gasteiger partial charge in [0.2, 0.25) is 0 Å². The fourth-order valence-corrected chi connectivity index (χ4v) is 1.46. The van der Waals surface area contributed by atoms with E-state index in [2.05, 4.69) is 27.5 Å². The Morgan fingerprint density at radius 1 is 1.42 bits per heavy atom. The van der Waals surface area contributed by atoms with Gasteiger partial charge in [0.15, 0.2) is 5.82 Å². The summed E-state index contributed by atoms with van der Waals surface area (Å²) in [6, 6.07) is 0. The number of aromatic amines is 1. The highest BCUT2D eigenvalue weighted by Crippen LogP contribution is 2.30. The molecule has 0 atom stereocenters. The van der Waals surface area contributed by atoms with Crippen molar-refractivity contribution in [1.82, 2.24) is 20.6 Å². The summed E-state index contributed by atoms with van der Waals surface area (Å²) >= 11 is 0. The zero-order chi connectivity index (χ0) is 8.44. The molecule has 0 aromatic carbocycles. The molecule has 0 amide bonds. The lowest BCUT2D eigenvalue weighted by molar-refractivity contribution is 0.0535. The van der Waals surface area contributed by atoms with Crippen LogP contribution in [0, 0.1) is 0 Å². The Hall–Kier alpha value is -0.970. The van der Waals surface area contributed by atoms with Crippen LogP contribution in [-0.2, 0) is 10.2 Å². The molecule has 0 aliphatic carbocycles. The summed E-state index contributed by atoms with van der Waals surface area (Å²) in [7, 11) is 0. The molecule has 0 radical (unpaired) electrons. The fraction of sp³-hybridized carbons (Fsp3) is 0.857. The van der Waals surface area contributed by atoms with Crippen LogP contribution in [0.15, 0.2) is 0 Å². The van der Waals surface area contributed by atoms with Gasteiger partial charge < -0.3 is 4.74 Å². The third-order valence-corrected chi connectivity index (χ3v) is 2.48. The molecule has 1 aromatic rings. The second-order valence-corrected chi connectivity index (χ2v) is 3.41. The van der Waals surface area contributed by atoms with Crippen molar-refractivity contribution >= 4 is 0 Å². The molecule has 1 aromatic heterocycles. The monoisotopic (exact) mass is 168 g/mol. The predicted molar refractivity (Wildman–Crippen MR) is 41.6 cm³/mol. The minimum atomic E-state index is 0.0608. The molecule has 2 rings (SSSR count). The number of H-pyrrole nitrogens is 1. The molecule has 0 bridgehead atoms. The van der Waals surface area contributed by atoms with E-state index in [0.29, 0.717) is 0 Å². The highest BCUT2D eigenvalue weighted by atomic mass is 16.5.